The van der Waals surface area contributed by atoms with Crippen LogP contribution < -0.4 is 0 Å². The van der Waals surface area contributed by atoms with Crippen molar-refractivity contribution in [2.24, 2.45) is 0 Å². The molecule has 0 N–H and O–H groups in total. The fraction of sp³-hybridized carbons (Fsp3) is 0.0625. The van der Waals surface area contributed by atoms with Gasteiger partial charge in [0, 0.05) is 32.7 Å². The molecule has 1 unspecified atom stereocenters. The molecule has 8 aromatic rings. The molecule has 4 heteroatoms. The van der Waals surface area contributed by atoms with Crippen molar-refractivity contribution in [3.63, 3.8) is 0 Å². The molecule has 6 aromatic carbocycles. The van der Waals surface area contributed by atoms with Gasteiger partial charge in [-0.25, -0.2) is 9.97 Å². The maximum absolute atomic E-state index is 5.00. The van der Waals surface area contributed by atoms with Crippen molar-refractivity contribution in [2.45, 2.75) is 29.1 Å². The molecule has 3 nitrogen and oxygen atoms in total. The van der Waals surface area contributed by atoms with Gasteiger partial charge in [0.05, 0.1) is 22.5 Å². The molecule has 2 aliphatic rings. The predicted molar refractivity (Wildman–Crippen MR) is 212 cm³/mol. The van der Waals surface area contributed by atoms with Crippen molar-refractivity contribution in [1.29, 1.82) is 0 Å². The molecular weight excluding hydrogens is 651 g/mol. The Hall–Kier alpha value is -6.10. The Balaban J connectivity index is 1.24. The summed E-state index contributed by atoms with van der Waals surface area (Å²) < 4.78 is 0. The highest BCUT2D eigenvalue weighted by molar-refractivity contribution is 7.99. The number of hydrogen-bond acceptors (Lipinski definition) is 4. The van der Waals surface area contributed by atoms with Gasteiger partial charge in [0.2, 0.25) is 0 Å². The van der Waals surface area contributed by atoms with Gasteiger partial charge in [-0.05, 0) is 106 Å². The average molecular weight is 684 g/mol. The van der Waals surface area contributed by atoms with Crippen LogP contribution in [0.3, 0.4) is 0 Å². The number of fused-ring (bicyclic) bond motifs is 9. The van der Waals surface area contributed by atoms with E-state index in [0.717, 1.165) is 39.6 Å². The summed E-state index contributed by atoms with van der Waals surface area (Å²) in [6.07, 6.45) is 1.91. The summed E-state index contributed by atoms with van der Waals surface area (Å²) in [7, 11) is 0. The van der Waals surface area contributed by atoms with Crippen molar-refractivity contribution in [1.82, 2.24) is 15.0 Å². The van der Waals surface area contributed by atoms with Crippen LogP contribution in [0.25, 0.3) is 56.0 Å². The zero-order valence-corrected chi connectivity index (χ0v) is 29.7. The number of hydrogen-bond donors (Lipinski definition) is 0. The lowest BCUT2D eigenvalue weighted by molar-refractivity contribution is 0.723. The lowest BCUT2D eigenvalue weighted by Gasteiger charge is -2.40. The van der Waals surface area contributed by atoms with Gasteiger partial charge in [-0.3, -0.25) is 4.98 Å². The lowest BCUT2D eigenvalue weighted by atomic mass is 9.66. The number of aromatic nitrogens is 3. The fourth-order valence-electron chi connectivity index (χ4n) is 8.34. The quantitative estimate of drug-likeness (QED) is 0.185. The molecule has 1 aliphatic heterocycles. The molecule has 1 atom stereocenters. The van der Waals surface area contributed by atoms with Crippen molar-refractivity contribution >= 4 is 11.8 Å². The molecule has 10 rings (SSSR count). The predicted octanol–water partition coefficient (Wildman–Crippen LogP) is 12.0. The second kappa shape index (κ2) is 12.0. The summed E-state index contributed by atoms with van der Waals surface area (Å²) in [6.45, 7) is 4.11. The van der Waals surface area contributed by atoms with Crippen LogP contribution in [0.4, 0.5) is 0 Å². The molecule has 0 amide bonds. The molecule has 246 valence electrons. The van der Waals surface area contributed by atoms with E-state index in [4.69, 9.17) is 15.0 Å². The standard InChI is InChI=1S/C48H33N3S/c1-30-24-25-49-45(26-30)38-16-7-6-14-35(38)33-20-22-37-36-15-8-9-17-39(36)48(41(37)27-33)40-18-10-11-19-46(40)52-47-23-21-34(28-42(47)48)44-29-43(50-31(2)51-44)32-12-4-3-5-13-32/h3-29H,1-2H3. The largest absolute Gasteiger partial charge is 0.256 e. The van der Waals surface area contributed by atoms with E-state index < -0.39 is 5.41 Å². The normalized spacial score (nSPS) is 15.1. The first kappa shape index (κ1) is 30.7. The third-order valence-electron chi connectivity index (χ3n) is 10.6. The minimum atomic E-state index is -0.532. The van der Waals surface area contributed by atoms with Gasteiger partial charge >= 0.3 is 0 Å². The molecule has 1 aliphatic carbocycles. The highest BCUT2D eigenvalue weighted by Crippen LogP contribution is 2.63. The first-order valence-corrected chi connectivity index (χ1v) is 18.5. The van der Waals surface area contributed by atoms with Gasteiger partial charge in [0.25, 0.3) is 0 Å². The smallest absolute Gasteiger partial charge is 0.126 e. The summed E-state index contributed by atoms with van der Waals surface area (Å²) in [5.74, 6) is 0.756. The van der Waals surface area contributed by atoms with Crippen LogP contribution >= 0.6 is 11.8 Å². The first-order chi connectivity index (χ1) is 25.6. The SMILES string of the molecule is Cc1ccnc(-c2ccccc2-c2ccc3c(c2)C2(c4ccccc4Sc4ccc(-c5cc(-c6ccccc6)nc(C)n5)cc42)c2ccccc2-3)c1. The molecule has 0 bridgehead atoms. The van der Waals surface area contributed by atoms with Crippen LogP contribution in [0.5, 0.6) is 0 Å². The van der Waals surface area contributed by atoms with Crippen LogP contribution in [-0.2, 0) is 5.41 Å². The first-order valence-electron chi connectivity index (χ1n) is 17.7. The third kappa shape index (κ3) is 4.72. The average Bonchev–Trinajstić information content (AvgIpc) is 3.48. The Kier molecular flexibility index (Phi) is 7.09. The molecule has 52 heavy (non-hydrogen) atoms. The molecule has 0 saturated carbocycles. The topological polar surface area (TPSA) is 38.7 Å². The Morgan fingerprint density at radius 1 is 0.423 bits per heavy atom. The molecule has 3 heterocycles. The van der Waals surface area contributed by atoms with Gasteiger partial charge in [-0.2, -0.15) is 0 Å². The van der Waals surface area contributed by atoms with Crippen LogP contribution in [0, 0.1) is 13.8 Å². The van der Waals surface area contributed by atoms with E-state index in [-0.39, 0.29) is 0 Å². The number of rotatable bonds is 4. The highest BCUT2D eigenvalue weighted by Gasteiger charge is 2.50. The van der Waals surface area contributed by atoms with Crippen molar-refractivity contribution in [3.05, 3.63) is 198 Å². The Bertz CT molecular complexity index is 2700. The Labute approximate surface area is 308 Å². The van der Waals surface area contributed by atoms with Crippen LogP contribution in [-0.4, -0.2) is 15.0 Å². The van der Waals surface area contributed by atoms with E-state index in [0.29, 0.717) is 0 Å². The fourth-order valence-corrected chi connectivity index (χ4v) is 9.51. The van der Waals surface area contributed by atoms with Crippen molar-refractivity contribution in [2.75, 3.05) is 0 Å². The van der Waals surface area contributed by atoms with Crippen LogP contribution in [0.15, 0.2) is 174 Å². The van der Waals surface area contributed by atoms with E-state index in [2.05, 4.69) is 159 Å². The van der Waals surface area contributed by atoms with Crippen LogP contribution in [0.2, 0.25) is 0 Å². The number of aryl methyl sites for hydroxylation is 2. The molecule has 0 saturated heterocycles. The summed E-state index contributed by atoms with van der Waals surface area (Å²) in [4.78, 5) is 17.2. The van der Waals surface area contributed by atoms with Gasteiger partial charge in [-0.1, -0.05) is 127 Å². The van der Waals surface area contributed by atoms with E-state index in [9.17, 15) is 0 Å². The van der Waals surface area contributed by atoms with Crippen molar-refractivity contribution < 1.29 is 0 Å². The maximum Gasteiger partial charge on any atom is 0.126 e. The summed E-state index contributed by atoms with van der Waals surface area (Å²) in [5, 5.41) is 0. The van der Waals surface area contributed by atoms with Crippen LogP contribution in [0.1, 0.15) is 33.6 Å². The van der Waals surface area contributed by atoms with E-state index in [1.165, 1.54) is 59.9 Å². The lowest BCUT2D eigenvalue weighted by Crippen LogP contribution is -2.32. The zero-order valence-electron chi connectivity index (χ0n) is 28.8. The van der Waals surface area contributed by atoms with E-state index >= 15 is 0 Å². The molecule has 2 aromatic heterocycles. The van der Waals surface area contributed by atoms with Crippen molar-refractivity contribution in [3.8, 4) is 56.0 Å². The number of benzene rings is 6. The van der Waals surface area contributed by atoms with E-state index in [1.807, 2.05) is 30.9 Å². The molecule has 1 spiro atoms. The third-order valence-corrected chi connectivity index (χ3v) is 11.7. The molecule has 0 radical (unpaired) electrons. The van der Waals surface area contributed by atoms with Gasteiger partial charge in [-0.15, -0.1) is 0 Å². The molecule has 0 fully saturated rings. The Morgan fingerprint density at radius 3 is 1.88 bits per heavy atom. The second-order valence-corrected chi connectivity index (χ2v) is 14.8. The minimum Gasteiger partial charge on any atom is -0.256 e. The highest BCUT2D eigenvalue weighted by atomic mass is 32.2. The minimum absolute atomic E-state index is 0.532. The maximum atomic E-state index is 5.00. The number of pyridine rings is 1. The monoisotopic (exact) mass is 683 g/mol. The zero-order chi connectivity index (χ0) is 34.8. The number of nitrogens with zero attached hydrogens (tertiary/aromatic N) is 3. The summed E-state index contributed by atoms with van der Waals surface area (Å²) >= 11 is 1.86. The van der Waals surface area contributed by atoms with Gasteiger partial charge in [0.1, 0.15) is 5.82 Å². The molecular formula is C48H33N3S. The summed E-state index contributed by atoms with van der Waals surface area (Å²) in [6, 6.07) is 57.4. The van der Waals surface area contributed by atoms with Gasteiger partial charge in [0.15, 0.2) is 0 Å². The van der Waals surface area contributed by atoms with E-state index in [1.54, 1.807) is 0 Å². The van der Waals surface area contributed by atoms with Gasteiger partial charge < -0.3 is 0 Å². The second-order valence-electron chi connectivity index (χ2n) is 13.7. The summed E-state index contributed by atoms with van der Waals surface area (Å²) in [5.41, 5.74) is 16.9. The Morgan fingerprint density at radius 2 is 1.06 bits per heavy atom.